The molecule has 1 heterocycles. The van der Waals surface area contributed by atoms with Crippen LogP contribution in [0.1, 0.15) is 28.4 Å². The number of para-hydroxylation sites is 1. The van der Waals surface area contributed by atoms with Crippen LogP contribution in [0.2, 0.25) is 0 Å². The first-order valence-electron chi connectivity index (χ1n) is 7.07. The summed E-state index contributed by atoms with van der Waals surface area (Å²) in [5.41, 5.74) is 4.97. The SMILES string of the molecule is Cc1cccc2c3c(oc12)C=CC(c1ccccc1)C3. The highest BCUT2D eigenvalue weighted by molar-refractivity contribution is 5.87. The molecule has 1 heteroatoms. The monoisotopic (exact) mass is 260 g/mol. The van der Waals surface area contributed by atoms with Crippen molar-refractivity contribution >= 4 is 17.0 Å². The normalized spacial score (nSPS) is 17.4. The van der Waals surface area contributed by atoms with Crippen molar-refractivity contribution in [1.82, 2.24) is 0 Å². The number of allylic oxidation sites excluding steroid dienone is 1. The van der Waals surface area contributed by atoms with Crippen molar-refractivity contribution in [3.63, 3.8) is 0 Å². The van der Waals surface area contributed by atoms with Gasteiger partial charge in [-0.15, -0.1) is 0 Å². The molecule has 1 atom stereocenters. The van der Waals surface area contributed by atoms with Gasteiger partial charge in [-0.25, -0.2) is 0 Å². The van der Waals surface area contributed by atoms with Gasteiger partial charge in [-0.1, -0.05) is 54.6 Å². The van der Waals surface area contributed by atoms with Crippen LogP contribution < -0.4 is 0 Å². The smallest absolute Gasteiger partial charge is 0.137 e. The van der Waals surface area contributed by atoms with Gasteiger partial charge in [0, 0.05) is 16.9 Å². The Balaban J connectivity index is 1.83. The maximum Gasteiger partial charge on any atom is 0.137 e. The Morgan fingerprint density at radius 1 is 1.00 bits per heavy atom. The third-order valence-electron chi connectivity index (χ3n) is 4.18. The topological polar surface area (TPSA) is 13.1 Å². The second-order valence-electron chi connectivity index (χ2n) is 5.48. The molecule has 0 radical (unpaired) electrons. The first-order valence-corrected chi connectivity index (χ1v) is 7.07. The van der Waals surface area contributed by atoms with Crippen LogP contribution >= 0.6 is 0 Å². The minimum atomic E-state index is 0.449. The highest BCUT2D eigenvalue weighted by Gasteiger charge is 2.21. The molecular weight excluding hydrogens is 244 g/mol. The average Bonchev–Trinajstić information content (AvgIpc) is 2.88. The number of furan rings is 1. The van der Waals surface area contributed by atoms with Gasteiger partial charge in [0.15, 0.2) is 0 Å². The molecule has 0 fully saturated rings. The number of hydrogen-bond acceptors (Lipinski definition) is 1. The largest absolute Gasteiger partial charge is 0.456 e. The first-order chi connectivity index (χ1) is 9.83. The minimum Gasteiger partial charge on any atom is -0.456 e. The summed E-state index contributed by atoms with van der Waals surface area (Å²) >= 11 is 0. The van der Waals surface area contributed by atoms with E-state index in [0.29, 0.717) is 5.92 Å². The molecule has 20 heavy (non-hydrogen) atoms. The molecule has 1 unspecified atom stereocenters. The highest BCUT2D eigenvalue weighted by atomic mass is 16.3. The lowest BCUT2D eigenvalue weighted by Gasteiger charge is -2.16. The summed E-state index contributed by atoms with van der Waals surface area (Å²) in [4.78, 5) is 0. The van der Waals surface area contributed by atoms with Gasteiger partial charge in [0.1, 0.15) is 11.3 Å². The van der Waals surface area contributed by atoms with Gasteiger partial charge in [0.05, 0.1) is 0 Å². The molecule has 1 aliphatic rings. The number of fused-ring (bicyclic) bond motifs is 3. The van der Waals surface area contributed by atoms with Crippen LogP contribution in [0, 0.1) is 6.92 Å². The van der Waals surface area contributed by atoms with Crippen LogP contribution in [0.25, 0.3) is 17.0 Å². The van der Waals surface area contributed by atoms with Crippen molar-refractivity contribution in [1.29, 1.82) is 0 Å². The van der Waals surface area contributed by atoms with Crippen molar-refractivity contribution in [2.75, 3.05) is 0 Å². The molecule has 0 N–H and O–H groups in total. The van der Waals surface area contributed by atoms with Crippen molar-refractivity contribution in [3.8, 4) is 0 Å². The maximum atomic E-state index is 6.02. The average molecular weight is 260 g/mol. The Labute approximate surface area is 118 Å². The van der Waals surface area contributed by atoms with Crippen LogP contribution in [0.15, 0.2) is 59.0 Å². The third kappa shape index (κ3) is 1.70. The molecule has 0 amide bonds. The van der Waals surface area contributed by atoms with Crippen molar-refractivity contribution < 1.29 is 4.42 Å². The Morgan fingerprint density at radius 2 is 1.85 bits per heavy atom. The lowest BCUT2D eigenvalue weighted by atomic mass is 9.87. The molecule has 4 rings (SSSR count). The van der Waals surface area contributed by atoms with Crippen LogP contribution in [0.4, 0.5) is 0 Å². The lowest BCUT2D eigenvalue weighted by molar-refractivity contribution is 0.589. The van der Waals surface area contributed by atoms with Crippen molar-refractivity contribution in [2.45, 2.75) is 19.3 Å². The molecule has 1 aliphatic carbocycles. The van der Waals surface area contributed by atoms with E-state index in [1.807, 2.05) is 0 Å². The molecule has 1 aromatic heterocycles. The van der Waals surface area contributed by atoms with E-state index in [1.54, 1.807) is 0 Å². The third-order valence-corrected chi connectivity index (χ3v) is 4.18. The Bertz CT molecular complexity index is 793. The van der Waals surface area contributed by atoms with Crippen LogP contribution in [-0.4, -0.2) is 0 Å². The highest BCUT2D eigenvalue weighted by Crippen LogP contribution is 2.37. The zero-order chi connectivity index (χ0) is 13.5. The predicted molar refractivity (Wildman–Crippen MR) is 82.9 cm³/mol. The molecule has 0 spiro atoms. The number of benzene rings is 2. The van der Waals surface area contributed by atoms with Crippen molar-refractivity contribution in [3.05, 3.63) is 77.1 Å². The van der Waals surface area contributed by atoms with Crippen LogP contribution in [0.5, 0.6) is 0 Å². The van der Waals surface area contributed by atoms with Crippen LogP contribution in [0.3, 0.4) is 0 Å². The molecule has 2 aromatic carbocycles. The molecule has 0 saturated heterocycles. The molecular formula is C19H16O. The number of aryl methyl sites for hydroxylation is 1. The van der Waals surface area contributed by atoms with E-state index in [-0.39, 0.29) is 0 Å². The van der Waals surface area contributed by atoms with Gasteiger partial charge in [-0.05, 0) is 30.5 Å². The summed E-state index contributed by atoms with van der Waals surface area (Å²) in [6, 6.07) is 17.1. The van der Waals surface area contributed by atoms with Crippen molar-refractivity contribution in [2.24, 2.45) is 0 Å². The van der Waals surface area contributed by atoms with Gasteiger partial charge in [-0.2, -0.15) is 0 Å². The first kappa shape index (κ1) is 11.5. The van der Waals surface area contributed by atoms with Crippen LogP contribution in [-0.2, 0) is 6.42 Å². The lowest BCUT2D eigenvalue weighted by Crippen LogP contribution is -2.04. The molecule has 98 valence electrons. The summed E-state index contributed by atoms with van der Waals surface area (Å²) in [5.74, 6) is 1.48. The fourth-order valence-corrected chi connectivity index (χ4v) is 3.10. The van der Waals surface area contributed by atoms with E-state index >= 15 is 0 Å². The molecule has 0 bridgehead atoms. The van der Waals surface area contributed by atoms with E-state index in [4.69, 9.17) is 4.42 Å². The maximum absolute atomic E-state index is 6.02. The fraction of sp³-hybridized carbons (Fsp3) is 0.158. The summed E-state index contributed by atoms with van der Waals surface area (Å²) in [6.07, 6.45) is 5.41. The Hall–Kier alpha value is -2.28. The van der Waals surface area contributed by atoms with Gasteiger partial charge < -0.3 is 4.42 Å². The van der Waals surface area contributed by atoms with E-state index in [0.717, 1.165) is 17.8 Å². The zero-order valence-corrected chi connectivity index (χ0v) is 11.5. The second-order valence-corrected chi connectivity index (χ2v) is 5.48. The molecule has 0 saturated carbocycles. The summed E-state index contributed by atoms with van der Waals surface area (Å²) < 4.78 is 6.02. The molecule has 3 aromatic rings. The molecule has 0 aliphatic heterocycles. The van der Waals surface area contributed by atoms with Gasteiger partial charge in [0.25, 0.3) is 0 Å². The molecule has 1 nitrogen and oxygen atoms in total. The summed E-state index contributed by atoms with van der Waals surface area (Å²) in [7, 11) is 0. The quantitative estimate of drug-likeness (QED) is 0.593. The standard InChI is InChI=1S/C19H16O/c1-13-6-5-9-16-17-12-15(14-7-3-2-4-8-14)10-11-18(17)20-19(13)16/h2-11,15H,12H2,1H3. The van der Waals surface area contributed by atoms with E-state index in [1.165, 1.54) is 22.1 Å². The summed E-state index contributed by atoms with van der Waals surface area (Å²) in [5, 5.41) is 1.27. The van der Waals surface area contributed by atoms with E-state index in [9.17, 15) is 0 Å². The van der Waals surface area contributed by atoms with E-state index in [2.05, 4.69) is 67.6 Å². The Kier molecular flexibility index (Phi) is 2.53. The number of rotatable bonds is 1. The van der Waals surface area contributed by atoms with Gasteiger partial charge >= 0.3 is 0 Å². The second kappa shape index (κ2) is 4.38. The van der Waals surface area contributed by atoms with Gasteiger partial charge in [0.2, 0.25) is 0 Å². The fourth-order valence-electron chi connectivity index (χ4n) is 3.10. The van der Waals surface area contributed by atoms with Gasteiger partial charge in [-0.3, -0.25) is 0 Å². The minimum absolute atomic E-state index is 0.449. The predicted octanol–water partition coefficient (Wildman–Crippen LogP) is 5.09. The zero-order valence-electron chi connectivity index (χ0n) is 11.5. The number of hydrogen-bond donors (Lipinski definition) is 0. The Morgan fingerprint density at radius 3 is 2.70 bits per heavy atom. The van der Waals surface area contributed by atoms with E-state index < -0.39 is 0 Å². The summed E-state index contributed by atoms with van der Waals surface area (Å²) in [6.45, 7) is 2.11.